The lowest BCUT2D eigenvalue weighted by Gasteiger charge is -2.03. The summed E-state index contributed by atoms with van der Waals surface area (Å²) in [7, 11) is 1.82. The number of pyridine rings is 1. The third kappa shape index (κ3) is 2.53. The molecular formula is C13H13BrN4O. The molecule has 1 N–H and O–H groups in total. The molecule has 1 aliphatic carbocycles. The van der Waals surface area contributed by atoms with Gasteiger partial charge in [-0.15, -0.1) is 0 Å². The smallest absolute Gasteiger partial charge is 0.228 e. The van der Waals surface area contributed by atoms with E-state index in [1.807, 2.05) is 19.2 Å². The van der Waals surface area contributed by atoms with E-state index >= 15 is 0 Å². The number of aromatic nitrogens is 3. The van der Waals surface area contributed by atoms with Crippen molar-refractivity contribution in [3.05, 3.63) is 40.9 Å². The van der Waals surface area contributed by atoms with E-state index in [2.05, 4.69) is 31.3 Å². The monoisotopic (exact) mass is 320 g/mol. The van der Waals surface area contributed by atoms with Crippen molar-refractivity contribution in [1.82, 2.24) is 14.8 Å². The number of carbonyl (C=O) groups excluding carboxylic acids is 1. The van der Waals surface area contributed by atoms with Crippen molar-refractivity contribution in [3.8, 4) is 0 Å². The highest BCUT2D eigenvalue weighted by Gasteiger charge is 2.45. The molecule has 0 unspecified atom stereocenters. The van der Waals surface area contributed by atoms with Gasteiger partial charge in [-0.25, -0.2) is 0 Å². The molecule has 2 aromatic heterocycles. The zero-order valence-electron chi connectivity index (χ0n) is 10.4. The van der Waals surface area contributed by atoms with E-state index in [9.17, 15) is 4.79 Å². The summed E-state index contributed by atoms with van der Waals surface area (Å²) in [5, 5.41) is 6.90. The lowest BCUT2D eigenvalue weighted by atomic mass is 10.2. The van der Waals surface area contributed by atoms with E-state index in [-0.39, 0.29) is 17.7 Å². The number of nitrogens with zero attached hydrogens (tertiary/aromatic N) is 3. The molecule has 2 atom stereocenters. The summed E-state index contributed by atoms with van der Waals surface area (Å²) in [5.74, 6) is 0.259. The van der Waals surface area contributed by atoms with Crippen LogP contribution < -0.4 is 5.32 Å². The number of rotatable bonds is 3. The Hall–Kier alpha value is -1.69. The first-order valence-corrected chi connectivity index (χ1v) is 6.84. The molecule has 5 nitrogen and oxygen atoms in total. The number of hydrogen-bond donors (Lipinski definition) is 1. The molecule has 0 aromatic carbocycles. The summed E-state index contributed by atoms with van der Waals surface area (Å²) in [6.07, 6.45) is 6.04. The molecule has 0 radical (unpaired) electrons. The highest BCUT2D eigenvalue weighted by atomic mass is 79.9. The quantitative estimate of drug-likeness (QED) is 0.944. The third-order valence-electron chi connectivity index (χ3n) is 3.24. The summed E-state index contributed by atoms with van der Waals surface area (Å²) in [6.45, 7) is 0. The molecule has 0 saturated heterocycles. The van der Waals surface area contributed by atoms with Crippen LogP contribution in [0.5, 0.6) is 0 Å². The Labute approximate surface area is 119 Å². The Balaban J connectivity index is 1.66. The lowest BCUT2D eigenvalue weighted by molar-refractivity contribution is -0.117. The molecule has 1 aliphatic rings. The van der Waals surface area contributed by atoms with Crippen LogP contribution in [-0.4, -0.2) is 20.7 Å². The van der Waals surface area contributed by atoms with Gasteiger partial charge in [0.25, 0.3) is 0 Å². The number of carbonyl (C=O) groups is 1. The van der Waals surface area contributed by atoms with Gasteiger partial charge in [0.15, 0.2) is 0 Å². The van der Waals surface area contributed by atoms with E-state index in [1.54, 1.807) is 23.3 Å². The van der Waals surface area contributed by atoms with Crippen molar-refractivity contribution in [2.45, 2.75) is 12.3 Å². The Kier molecular flexibility index (Phi) is 3.10. The van der Waals surface area contributed by atoms with Crippen LogP contribution in [0.3, 0.4) is 0 Å². The Morgan fingerprint density at radius 1 is 1.58 bits per heavy atom. The van der Waals surface area contributed by atoms with Gasteiger partial charge in [-0.3, -0.25) is 14.5 Å². The van der Waals surface area contributed by atoms with Gasteiger partial charge in [0.05, 0.1) is 17.6 Å². The minimum Gasteiger partial charge on any atom is -0.323 e. The molecule has 1 fully saturated rings. The number of amides is 1. The van der Waals surface area contributed by atoms with E-state index in [0.717, 1.165) is 22.3 Å². The second-order valence-corrected chi connectivity index (χ2v) is 5.57. The molecule has 3 rings (SSSR count). The molecule has 98 valence electrons. The second-order valence-electron chi connectivity index (χ2n) is 4.71. The lowest BCUT2D eigenvalue weighted by Crippen LogP contribution is -2.14. The number of hydrogen-bond acceptors (Lipinski definition) is 3. The average Bonchev–Trinajstić information content (AvgIpc) is 3.08. The van der Waals surface area contributed by atoms with Gasteiger partial charge in [-0.05, 0) is 34.5 Å². The van der Waals surface area contributed by atoms with Crippen molar-refractivity contribution < 1.29 is 4.79 Å². The highest BCUT2D eigenvalue weighted by molar-refractivity contribution is 9.10. The van der Waals surface area contributed by atoms with Gasteiger partial charge in [-0.1, -0.05) is 0 Å². The van der Waals surface area contributed by atoms with Crippen LogP contribution in [0, 0.1) is 5.92 Å². The van der Waals surface area contributed by atoms with Crippen molar-refractivity contribution in [3.63, 3.8) is 0 Å². The maximum atomic E-state index is 12.1. The summed E-state index contributed by atoms with van der Waals surface area (Å²) in [5.41, 5.74) is 1.70. The van der Waals surface area contributed by atoms with Gasteiger partial charge < -0.3 is 5.32 Å². The molecule has 1 amide bonds. The molecular weight excluding hydrogens is 308 g/mol. The SMILES string of the molecule is Cn1cc(NC(=O)[C@@H]2C[C@H]2c2ncccc2Br)cn1. The van der Waals surface area contributed by atoms with Crippen LogP contribution in [-0.2, 0) is 11.8 Å². The fraction of sp³-hybridized carbons (Fsp3) is 0.308. The molecule has 2 aromatic rings. The van der Waals surface area contributed by atoms with E-state index < -0.39 is 0 Å². The van der Waals surface area contributed by atoms with Crippen LogP contribution >= 0.6 is 15.9 Å². The topological polar surface area (TPSA) is 59.8 Å². The van der Waals surface area contributed by atoms with Gasteiger partial charge in [0, 0.05) is 35.7 Å². The third-order valence-corrected chi connectivity index (χ3v) is 3.91. The zero-order valence-corrected chi connectivity index (χ0v) is 12.0. The first-order chi connectivity index (χ1) is 9.15. The van der Waals surface area contributed by atoms with E-state index in [1.165, 1.54) is 0 Å². The van der Waals surface area contributed by atoms with E-state index in [0.29, 0.717) is 0 Å². The normalized spacial score (nSPS) is 21.2. The molecule has 1 saturated carbocycles. The second kappa shape index (κ2) is 4.77. The number of nitrogens with one attached hydrogen (secondary N) is 1. The predicted octanol–water partition coefficient (Wildman–Crippen LogP) is 2.32. The Bertz CT molecular complexity index is 625. The summed E-state index contributed by atoms with van der Waals surface area (Å²) >= 11 is 3.48. The minimum absolute atomic E-state index is 0.00593. The van der Waals surface area contributed by atoms with Crippen molar-refractivity contribution in [2.75, 3.05) is 5.32 Å². The molecule has 19 heavy (non-hydrogen) atoms. The maximum Gasteiger partial charge on any atom is 0.228 e. The van der Waals surface area contributed by atoms with Crippen LogP contribution in [0.2, 0.25) is 0 Å². The largest absolute Gasteiger partial charge is 0.323 e. The zero-order chi connectivity index (χ0) is 13.4. The minimum atomic E-state index is 0.00593. The van der Waals surface area contributed by atoms with Crippen LogP contribution in [0.1, 0.15) is 18.0 Å². The van der Waals surface area contributed by atoms with Gasteiger partial charge in [0.1, 0.15) is 0 Å². The predicted molar refractivity (Wildman–Crippen MR) is 74.6 cm³/mol. The van der Waals surface area contributed by atoms with Gasteiger partial charge in [0.2, 0.25) is 5.91 Å². The van der Waals surface area contributed by atoms with Crippen LogP contribution in [0.25, 0.3) is 0 Å². The molecule has 0 bridgehead atoms. The average molecular weight is 321 g/mol. The first kappa shape index (κ1) is 12.3. The fourth-order valence-electron chi connectivity index (χ4n) is 2.18. The van der Waals surface area contributed by atoms with Crippen LogP contribution in [0.15, 0.2) is 35.2 Å². The molecule has 0 aliphatic heterocycles. The summed E-state index contributed by atoms with van der Waals surface area (Å²) in [4.78, 5) is 16.4. The van der Waals surface area contributed by atoms with Crippen molar-refractivity contribution in [2.24, 2.45) is 13.0 Å². The first-order valence-electron chi connectivity index (χ1n) is 6.05. The Morgan fingerprint density at radius 3 is 3.11 bits per heavy atom. The Morgan fingerprint density at radius 2 is 2.42 bits per heavy atom. The fourth-order valence-corrected chi connectivity index (χ4v) is 2.73. The highest BCUT2D eigenvalue weighted by Crippen LogP contribution is 2.49. The number of aryl methyl sites for hydroxylation is 1. The molecule has 6 heteroatoms. The molecule has 2 heterocycles. The summed E-state index contributed by atoms with van der Waals surface area (Å²) in [6, 6.07) is 3.83. The van der Waals surface area contributed by atoms with Gasteiger partial charge >= 0.3 is 0 Å². The standard InChI is InChI=1S/C13H13BrN4O/c1-18-7-8(6-16-18)17-13(19)10-5-9(10)12-11(14)3-2-4-15-12/h2-4,6-7,9-10H,5H2,1H3,(H,17,19)/t9-,10-/m1/s1. The van der Waals surface area contributed by atoms with Crippen molar-refractivity contribution in [1.29, 1.82) is 0 Å². The van der Waals surface area contributed by atoms with Crippen molar-refractivity contribution >= 4 is 27.5 Å². The van der Waals surface area contributed by atoms with Gasteiger partial charge in [-0.2, -0.15) is 5.10 Å². The molecule has 0 spiro atoms. The summed E-state index contributed by atoms with van der Waals surface area (Å²) < 4.78 is 2.63. The van der Waals surface area contributed by atoms with Crippen LogP contribution in [0.4, 0.5) is 5.69 Å². The maximum absolute atomic E-state index is 12.1. The number of halogens is 1. The number of anilines is 1. The van der Waals surface area contributed by atoms with E-state index in [4.69, 9.17) is 0 Å².